The van der Waals surface area contributed by atoms with Crippen LogP contribution in [0.25, 0.3) is 0 Å². The van der Waals surface area contributed by atoms with Crippen LogP contribution in [-0.4, -0.2) is 31.9 Å². The number of benzene rings is 1. The van der Waals surface area contributed by atoms with Gasteiger partial charge in [0, 0.05) is 11.6 Å². The van der Waals surface area contributed by atoms with Gasteiger partial charge < -0.3 is 14.8 Å². The van der Waals surface area contributed by atoms with Gasteiger partial charge in [0.05, 0.1) is 24.9 Å². The molecule has 21 heavy (non-hydrogen) atoms. The van der Waals surface area contributed by atoms with Crippen molar-refractivity contribution >= 4 is 11.6 Å². The summed E-state index contributed by atoms with van der Waals surface area (Å²) in [7, 11) is 0. The molecular formula is C17H28ClNO2. The highest BCUT2D eigenvalue weighted by molar-refractivity contribution is 6.30. The van der Waals surface area contributed by atoms with Crippen molar-refractivity contribution < 1.29 is 9.47 Å². The molecule has 1 unspecified atom stereocenters. The maximum atomic E-state index is 6.07. The Kier molecular flexibility index (Phi) is 8.27. The van der Waals surface area contributed by atoms with Crippen molar-refractivity contribution in [1.82, 2.24) is 5.32 Å². The van der Waals surface area contributed by atoms with Gasteiger partial charge in [-0.05, 0) is 51.4 Å². The second kappa shape index (κ2) is 9.42. The molecule has 0 aliphatic heterocycles. The molecule has 1 rings (SSSR count). The van der Waals surface area contributed by atoms with E-state index in [1.54, 1.807) is 0 Å². The van der Waals surface area contributed by atoms with Crippen molar-refractivity contribution in [3.05, 3.63) is 34.9 Å². The quantitative estimate of drug-likeness (QED) is 0.693. The zero-order valence-electron chi connectivity index (χ0n) is 13.6. The van der Waals surface area contributed by atoms with Gasteiger partial charge in [-0.3, -0.25) is 0 Å². The van der Waals surface area contributed by atoms with Crippen LogP contribution in [0.15, 0.2) is 24.3 Å². The summed E-state index contributed by atoms with van der Waals surface area (Å²) in [5.41, 5.74) is 0.969. The van der Waals surface area contributed by atoms with Crippen molar-refractivity contribution in [2.75, 3.05) is 26.3 Å². The van der Waals surface area contributed by atoms with Crippen LogP contribution >= 0.6 is 11.6 Å². The van der Waals surface area contributed by atoms with Crippen LogP contribution in [0.4, 0.5) is 0 Å². The zero-order valence-corrected chi connectivity index (χ0v) is 14.4. The molecule has 1 N–H and O–H groups in total. The zero-order chi connectivity index (χ0) is 15.7. The van der Waals surface area contributed by atoms with Crippen molar-refractivity contribution in [3.8, 4) is 0 Å². The molecule has 0 aromatic heterocycles. The van der Waals surface area contributed by atoms with Crippen molar-refractivity contribution in [3.63, 3.8) is 0 Å². The standard InChI is InChI=1S/C17H28ClNO2/c1-5-9-19-13-16(14-7-6-8-15(18)12-14)20-10-11-21-17(2,3)4/h6-8,12,16,19H,5,9-11,13H2,1-4H3. The molecule has 0 bridgehead atoms. The van der Waals surface area contributed by atoms with Gasteiger partial charge in [-0.2, -0.15) is 0 Å². The minimum absolute atomic E-state index is 0.00109. The third kappa shape index (κ3) is 8.42. The van der Waals surface area contributed by atoms with Gasteiger partial charge in [-0.15, -0.1) is 0 Å². The van der Waals surface area contributed by atoms with Gasteiger partial charge in [0.25, 0.3) is 0 Å². The highest BCUT2D eigenvalue weighted by Crippen LogP contribution is 2.20. The SMILES string of the molecule is CCCNCC(OCCOC(C)(C)C)c1cccc(Cl)c1. The van der Waals surface area contributed by atoms with Crippen LogP contribution in [0.1, 0.15) is 45.8 Å². The first-order valence-corrected chi connectivity index (χ1v) is 8.02. The van der Waals surface area contributed by atoms with E-state index in [1.807, 2.05) is 39.0 Å². The molecule has 0 radical (unpaired) electrons. The minimum Gasteiger partial charge on any atom is -0.373 e. The first-order valence-electron chi connectivity index (χ1n) is 7.64. The van der Waals surface area contributed by atoms with Crippen LogP contribution < -0.4 is 5.32 Å². The van der Waals surface area contributed by atoms with E-state index >= 15 is 0 Å². The predicted molar refractivity (Wildman–Crippen MR) is 89.0 cm³/mol. The number of hydrogen-bond donors (Lipinski definition) is 1. The molecule has 0 aliphatic rings. The Hall–Kier alpha value is -0.610. The topological polar surface area (TPSA) is 30.5 Å². The van der Waals surface area contributed by atoms with Crippen molar-refractivity contribution in [2.45, 2.75) is 45.8 Å². The fraction of sp³-hybridized carbons (Fsp3) is 0.647. The normalized spacial score (nSPS) is 13.4. The number of ether oxygens (including phenoxy) is 2. The van der Waals surface area contributed by atoms with E-state index in [0.717, 1.165) is 30.1 Å². The molecule has 0 saturated carbocycles. The van der Waals surface area contributed by atoms with E-state index in [2.05, 4.69) is 18.3 Å². The third-order valence-electron chi connectivity index (χ3n) is 2.91. The minimum atomic E-state index is -0.130. The summed E-state index contributed by atoms with van der Waals surface area (Å²) in [6.07, 6.45) is 1.11. The van der Waals surface area contributed by atoms with Crippen molar-refractivity contribution in [1.29, 1.82) is 0 Å². The Morgan fingerprint density at radius 1 is 1.24 bits per heavy atom. The van der Waals surface area contributed by atoms with E-state index in [-0.39, 0.29) is 11.7 Å². The van der Waals surface area contributed by atoms with Crippen LogP contribution in [0.3, 0.4) is 0 Å². The molecule has 0 saturated heterocycles. The molecule has 3 nitrogen and oxygen atoms in total. The number of rotatable bonds is 9. The smallest absolute Gasteiger partial charge is 0.0950 e. The van der Waals surface area contributed by atoms with E-state index in [4.69, 9.17) is 21.1 Å². The van der Waals surface area contributed by atoms with Crippen LogP contribution in [0.5, 0.6) is 0 Å². The van der Waals surface area contributed by atoms with Gasteiger partial charge in [-0.1, -0.05) is 30.7 Å². The monoisotopic (exact) mass is 313 g/mol. The van der Waals surface area contributed by atoms with E-state index in [9.17, 15) is 0 Å². The van der Waals surface area contributed by atoms with Crippen LogP contribution in [-0.2, 0) is 9.47 Å². The molecule has 120 valence electrons. The van der Waals surface area contributed by atoms with E-state index in [1.165, 1.54) is 0 Å². The van der Waals surface area contributed by atoms with Gasteiger partial charge in [0.1, 0.15) is 0 Å². The summed E-state index contributed by atoms with van der Waals surface area (Å²) < 4.78 is 11.7. The largest absolute Gasteiger partial charge is 0.373 e. The Bertz CT molecular complexity index is 404. The molecule has 4 heteroatoms. The van der Waals surface area contributed by atoms with E-state index < -0.39 is 0 Å². The number of hydrogen-bond acceptors (Lipinski definition) is 3. The maximum absolute atomic E-state index is 6.07. The second-order valence-corrected chi connectivity index (χ2v) is 6.52. The van der Waals surface area contributed by atoms with E-state index in [0.29, 0.717) is 13.2 Å². The summed E-state index contributed by atoms with van der Waals surface area (Å²) >= 11 is 6.07. The Morgan fingerprint density at radius 2 is 2.00 bits per heavy atom. The van der Waals surface area contributed by atoms with Crippen LogP contribution in [0, 0.1) is 0 Å². The second-order valence-electron chi connectivity index (χ2n) is 6.08. The van der Waals surface area contributed by atoms with Crippen molar-refractivity contribution in [2.24, 2.45) is 0 Å². The number of halogens is 1. The first-order chi connectivity index (χ1) is 9.92. The van der Waals surface area contributed by atoms with Crippen LogP contribution in [0.2, 0.25) is 5.02 Å². The third-order valence-corrected chi connectivity index (χ3v) is 3.15. The summed E-state index contributed by atoms with van der Waals surface area (Å²) in [5.74, 6) is 0. The Labute approximate surface area is 134 Å². The average Bonchev–Trinajstić information content (AvgIpc) is 2.40. The number of nitrogens with one attached hydrogen (secondary N) is 1. The van der Waals surface area contributed by atoms with Gasteiger partial charge in [0.15, 0.2) is 0 Å². The summed E-state index contributed by atoms with van der Waals surface area (Å²) in [6, 6.07) is 7.85. The highest BCUT2D eigenvalue weighted by Gasteiger charge is 2.14. The Balaban J connectivity index is 2.52. The fourth-order valence-electron chi connectivity index (χ4n) is 1.93. The predicted octanol–water partition coefficient (Wildman–Crippen LogP) is 4.21. The van der Waals surface area contributed by atoms with Gasteiger partial charge in [-0.25, -0.2) is 0 Å². The molecular weight excluding hydrogens is 286 g/mol. The fourth-order valence-corrected chi connectivity index (χ4v) is 2.13. The molecule has 0 aliphatic carbocycles. The molecule has 0 amide bonds. The summed E-state index contributed by atoms with van der Waals surface area (Å²) in [6.45, 7) is 11.2. The molecule has 1 aromatic rings. The molecule has 1 atom stereocenters. The molecule has 1 aromatic carbocycles. The Morgan fingerprint density at radius 3 is 2.62 bits per heavy atom. The lowest BCUT2D eigenvalue weighted by Gasteiger charge is -2.22. The molecule has 0 fully saturated rings. The molecule has 0 spiro atoms. The lowest BCUT2D eigenvalue weighted by atomic mass is 10.1. The lowest BCUT2D eigenvalue weighted by Crippen LogP contribution is -2.26. The molecule has 0 heterocycles. The van der Waals surface area contributed by atoms with Gasteiger partial charge in [0.2, 0.25) is 0 Å². The van der Waals surface area contributed by atoms with Gasteiger partial charge >= 0.3 is 0 Å². The highest BCUT2D eigenvalue weighted by atomic mass is 35.5. The summed E-state index contributed by atoms with van der Waals surface area (Å²) in [5, 5.41) is 4.14. The lowest BCUT2D eigenvalue weighted by molar-refractivity contribution is -0.0518. The first kappa shape index (κ1) is 18.4. The maximum Gasteiger partial charge on any atom is 0.0950 e. The summed E-state index contributed by atoms with van der Waals surface area (Å²) in [4.78, 5) is 0. The average molecular weight is 314 g/mol.